The predicted molar refractivity (Wildman–Crippen MR) is 73.2 cm³/mol. The fourth-order valence-corrected chi connectivity index (χ4v) is 3.90. The van der Waals surface area contributed by atoms with Gasteiger partial charge in [-0.25, -0.2) is 0 Å². The number of hydrogen-bond donors (Lipinski definition) is 2. The molecule has 0 aliphatic carbocycles. The van der Waals surface area contributed by atoms with E-state index >= 15 is 0 Å². The zero-order chi connectivity index (χ0) is 14.8. The number of aliphatic hydroxyl groups excluding tert-OH is 1. The Morgan fingerprint density at radius 3 is 2.80 bits per heavy atom. The first-order valence-electron chi connectivity index (χ1n) is 6.74. The first-order chi connectivity index (χ1) is 9.45. The number of hydrogen-bond acceptors (Lipinski definition) is 5. The molecule has 7 nitrogen and oxygen atoms in total. The maximum absolute atomic E-state index is 12.3. The average Bonchev–Trinajstić information content (AvgIpc) is 2.76. The van der Waals surface area contributed by atoms with Gasteiger partial charge in [-0.2, -0.15) is 17.4 Å². The number of rotatable bonds is 5. The monoisotopic (exact) mass is 303 g/mol. The van der Waals surface area contributed by atoms with E-state index in [1.165, 1.54) is 4.31 Å². The standard InChI is InChI=1S/C12H21N3O4S/c1-9-12(10(2)19-14-9)7-13-20(17,18)15-6-4-3-5-11(15)8-16/h11,13,16H,3-8H2,1-2H3. The summed E-state index contributed by atoms with van der Waals surface area (Å²) in [5.41, 5.74) is 1.44. The number of aromatic nitrogens is 1. The molecule has 20 heavy (non-hydrogen) atoms. The number of aryl methyl sites for hydroxylation is 2. The molecule has 2 heterocycles. The van der Waals surface area contributed by atoms with Crippen LogP contribution in [0.3, 0.4) is 0 Å². The van der Waals surface area contributed by atoms with Crippen LogP contribution in [0, 0.1) is 13.8 Å². The molecule has 0 aromatic carbocycles. The van der Waals surface area contributed by atoms with Crippen LogP contribution in [0.2, 0.25) is 0 Å². The second-order valence-corrected chi connectivity index (χ2v) is 6.78. The molecule has 1 saturated heterocycles. The largest absolute Gasteiger partial charge is 0.395 e. The van der Waals surface area contributed by atoms with E-state index in [4.69, 9.17) is 4.52 Å². The highest BCUT2D eigenvalue weighted by Gasteiger charge is 2.31. The van der Waals surface area contributed by atoms with Crippen molar-refractivity contribution in [3.63, 3.8) is 0 Å². The lowest BCUT2D eigenvalue weighted by Gasteiger charge is -2.33. The lowest BCUT2D eigenvalue weighted by molar-refractivity contribution is 0.154. The maximum Gasteiger partial charge on any atom is 0.280 e. The molecule has 0 radical (unpaired) electrons. The Balaban J connectivity index is 2.07. The minimum Gasteiger partial charge on any atom is -0.395 e. The van der Waals surface area contributed by atoms with E-state index in [2.05, 4.69) is 9.88 Å². The van der Waals surface area contributed by atoms with Gasteiger partial charge in [0.1, 0.15) is 5.76 Å². The van der Waals surface area contributed by atoms with E-state index in [1.54, 1.807) is 13.8 Å². The van der Waals surface area contributed by atoms with Crippen LogP contribution in [-0.2, 0) is 16.8 Å². The van der Waals surface area contributed by atoms with Crippen molar-refractivity contribution < 1.29 is 18.0 Å². The fraction of sp³-hybridized carbons (Fsp3) is 0.750. The Morgan fingerprint density at radius 2 is 2.20 bits per heavy atom. The van der Waals surface area contributed by atoms with Crippen LogP contribution in [0.4, 0.5) is 0 Å². The molecular weight excluding hydrogens is 282 g/mol. The van der Waals surface area contributed by atoms with E-state index in [-0.39, 0.29) is 19.2 Å². The molecule has 1 aliphatic heterocycles. The van der Waals surface area contributed by atoms with Gasteiger partial charge in [0.2, 0.25) is 0 Å². The summed E-state index contributed by atoms with van der Waals surface area (Å²) in [6.07, 6.45) is 2.46. The van der Waals surface area contributed by atoms with Gasteiger partial charge in [0.25, 0.3) is 10.2 Å². The van der Waals surface area contributed by atoms with Crippen LogP contribution in [0.1, 0.15) is 36.3 Å². The Morgan fingerprint density at radius 1 is 1.45 bits per heavy atom. The van der Waals surface area contributed by atoms with Crippen LogP contribution >= 0.6 is 0 Å². The van der Waals surface area contributed by atoms with Gasteiger partial charge < -0.3 is 9.63 Å². The molecule has 2 N–H and O–H groups in total. The Kier molecular flexibility index (Phi) is 4.79. The van der Waals surface area contributed by atoms with Crippen molar-refractivity contribution in [2.45, 2.75) is 45.7 Å². The van der Waals surface area contributed by atoms with Crippen molar-refractivity contribution in [3.8, 4) is 0 Å². The van der Waals surface area contributed by atoms with E-state index in [0.29, 0.717) is 24.4 Å². The van der Waals surface area contributed by atoms with Gasteiger partial charge in [-0.05, 0) is 26.7 Å². The number of piperidine rings is 1. The summed E-state index contributed by atoms with van der Waals surface area (Å²) in [7, 11) is -3.60. The molecule has 1 aromatic heterocycles. The highest BCUT2D eigenvalue weighted by Crippen LogP contribution is 2.20. The number of nitrogens with zero attached hydrogens (tertiary/aromatic N) is 2. The first-order valence-corrected chi connectivity index (χ1v) is 8.18. The van der Waals surface area contributed by atoms with E-state index < -0.39 is 10.2 Å². The van der Waals surface area contributed by atoms with Crippen LogP contribution in [0.5, 0.6) is 0 Å². The van der Waals surface area contributed by atoms with Gasteiger partial charge in [-0.3, -0.25) is 0 Å². The smallest absolute Gasteiger partial charge is 0.280 e. The molecule has 1 fully saturated rings. The molecule has 1 aromatic rings. The van der Waals surface area contributed by atoms with E-state index in [1.807, 2.05) is 0 Å². The number of nitrogens with one attached hydrogen (secondary N) is 1. The fourth-order valence-electron chi connectivity index (χ4n) is 2.47. The molecule has 0 saturated carbocycles. The van der Waals surface area contributed by atoms with Gasteiger partial charge in [-0.15, -0.1) is 0 Å². The van der Waals surface area contributed by atoms with Crippen molar-refractivity contribution in [1.82, 2.24) is 14.2 Å². The topological polar surface area (TPSA) is 95.7 Å². The van der Waals surface area contributed by atoms with Crippen LogP contribution < -0.4 is 4.72 Å². The molecule has 0 amide bonds. The van der Waals surface area contributed by atoms with Gasteiger partial charge >= 0.3 is 0 Å². The van der Waals surface area contributed by atoms with Gasteiger partial charge in [0.05, 0.1) is 12.3 Å². The van der Waals surface area contributed by atoms with Crippen molar-refractivity contribution in [1.29, 1.82) is 0 Å². The van der Waals surface area contributed by atoms with E-state index in [0.717, 1.165) is 18.4 Å². The van der Waals surface area contributed by atoms with Gasteiger partial charge in [0.15, 0.2) is 0 Å². The van der Waals surface area contributed by atoms with E-state index in [9.17, 15) is 13.5 Å². The SMILES string of the molecule is Cc1noc(C)c1CNS(=O)(=O)N1CCCCC1CO. The Labute approximate surface area is 119 Å². The lowest BCUT2D eigenvalue weighted by atomic mass is 10.1. The van der Waals surface area contributed by atoms with Gasteiger partial charge in [0, 0.05) is 24.7 Å². The quantitative estimate of drug-likeness (QED) is 0.824. The zero-order valence-corrected chi connectivity index (χ0v) is 12.6. The van der Waals surface area contributed by atoms with Crippen LogP contribution in [0.15, 0.2) is 4.52 Å². The first kappa shape index (κ1) is 15.4. The highest BCUT2D eigenvalue weighted by molar-refractivity contribution is 7.87. The zero-order valence-electron chi connectivity index (χ0n) is 11.8. The average molecular weight is 303 g/mol. The molecule has 1 unspecified atom stereocenters. The number of aliphatic hydroxyl groups is 1. The van der Waals surface area contributed by atoms with Crippen molar-refractivity contribution in [2.75, 3.05) is 13.2 Å². The molecule has 8 heteroatoms. The third-order valence-corrected chi connectivity index (χ3v) is 5.31. The summed E-state index contributed by atoms with van der Waals surface area (Å²) in [5.74, 6) is 0.613. The van der Waals surface area contributed by atoms with Crippen LogP contribution in [0.25, 0.3) is 0 Å². The van der Waals surface area contributed by atoms with Crippen LogP contribution in [-0.4, -0.2) is 42.2 Å². The highest BCUT2D eigenvalue weighted by atomic mass is 32.2. The minimum absolute atomic E-state index is 0.147. The minimum atomic E-state index is -3.60. The maximum atomic E-state index is 12.3. The molecule has 1 atom stereocenters. The molecule has 2 rings (SSSR count). The summed E-state index contributed by atoms with van der Waals surface area (Å²) < 4.78 is 33.6. The third kappa shape index (κ3) is 3.20. The van der Waals surface area contributed by atoms with Crippen molar-refractivity contribution in [3.05, 3.63) is 17.0 Å². The summed E-state index contributed by atoms with van der Waals surface area (Å²) in [6.45, 7) is 3.98. The Bertz CT molecular complexity index is 536. The lowest BCUT2D eigenvalue weighted by Crippen LogP contribution is -2.50. The summed E-state index contributed by atoms with van der Waals surface area (Å²) >= 11 is 0. The summed E-state index contributed by atoms with van der Waals surface area (Å²) in [5, 5.41) is 13.1. The predicted octanol–water partition coefficient (Wildman–Crippen LogP) is 0.473. The molecular formula is C12H21N3O4S. The summed E-state index contributed by atoms with van der Waals surface area (Å²) in [6, 6.07) is -0.328. The Hall–Kier alpha value is -0.960. The van der Waals surface area contributed by atoms with Crippen molar-refractivity contribution in [2.24, 2.45) is 0 Å². The van der Waals surface area contributed by atoms with Crippen molar-refractivity contribution >= 4 is 10.2 Å². The molecule has 1 aliphatic rings. The molecule has 0 spiro atoms. The summed E-state index contributed by atoms with van der Waals surface area (Å²) in [4.78, 5) is 0. The second kappa shape index (κ2) is 6.21. The third-order valence-electron chi connectivity index (χ3n) is 3.71. The molecule has 0 bridgehead atoms. The normalized spacial score (nSPS) is 21.2. The molecule has 114 valence electrons. The second-order valence-electron chi connectivity index (χ2n) is 5.07. The van der Waals surface area contributed by atoms with Gasteiger partial charge in [-0.1, -0.05) is 11.6 Å².